The van der Waals surface area contributed by atoms with Crippen LogP contribution in [-0.2, 0) is 13.0 Å². The van der Waals surface area contributed by atoms with Crippen LogP contribution in [0.4, 0.5) is 5.69 Å². The Morgan fingerprint density at radius 1 is 1.04 bits per heavy atom. The van der Waals surface area contributed by atoms with Crippen LogP contribution in [0, 0.1) is 13.8 Å². The summed E-state index contributed by atoms with van der Waals surface area (Å²) in [5.41, 5.74) is 5.34. The number of ether oxygens (including phenoxy) is 1. The van der Waals surface area contributed by atoms with E-state index in [2.05, 4.69) is 36.1 Å². The minimum Gasteiger partial charge on any atom is -0.473 e. The number of fused-ring (bicyclic) bond motifs is 3. The molecule has 1 aliphatic heterocycles. The zero-order chi connectivity index (χ0) is 17.6. The maximum absolute atomic E-state index is 12.1. The number of nitrogens with zero attached hydrogens (tertiary/aromatic N) is 1. The average Bonchev–Trinajstić information content (AvgIpc) is 2.66. The predicted octanol–water partition coefficient (Wildman–Crippen LogP) is 4.33. The van der Waals surface area contributed by atoms with Crippen molar-refractivity contribution in [3.05, 3.63) is 69.1 Å². The van der Waals surface area contributed by atoms with Crippen LogP contribution in [0.3, 0.4) is 0 Å². The molecule has 1 aliphatic rings. The van der Waals surface area contributed by atoms with Gasteiger partial charge in [0.25, 0.3) is 0 Å². The maximum atomic E-state index is 12.1. The average molecular weight is 335 g/mol. The molecule has 0 spiro atoms. The van der Waals surface area contributed by atoms with Crippen LogP contribution >= 0.6 is 0 Å². The smallest absolute Gasteiger partial charge is 0.339 e. The highest BCUT2D eigenvalue weighted by molar-refractivity contribution is 5.86. The van der Waals surface area contributed by atoms with Crippen LogP contribution in [0.5, 0.6) is 5.75 Å². The molecule has 128 valence electrons. The molecule has 0 saturated carbocycles. The van der Waals surface area contributed by atoms with Gasteiger partial charge in [0.05, 0.1) is 12.1 Å². The van der Waals surface area contributed by atoms with E-state index in [4.69, 9.17) is 9.15 Å². The van der Waals surface area contributed by atoms with E-state index in [1.54, 1.807) is 6.92 Å². The van der Waals surface area contributed by atoms with Crippen molar-refractivity contribution in [2.24, 2.45) is 0 Å². The molecule has 0 atom stereocenters. The van der Waals surface area contributed by atoms with E-state index in [1.165, 1.54) is 5.56 Å². The highest BCUT2D eigenvalue weighted by atomic mass is 16.5. The van der Waals surface area contributed by atoms with Gasteiger partial charge < -0.3 is 14.1 Å². The zero-order valence-electron chi connectivity index (χ0n) is 14.8. The van der Waals surface area contributed by atoms with Crippen molar-refractivity contribution in [3.8, 4) is 5.75 Å². The molecule has 0 radical (unpaired) electrons. The third kappa shape index (κ3) is 2.58. The molecule has 4 heteroatoms. The fourth-order valence-electron chi connectivity index (χ4n) is 3.32. The summed E-state index contributed by atoms with van der Waals surface area (Å²) in [5, 5.41) is 0.975. The molecule has 0 unspecified atom stereocenters. The quantitative estimate of drug-likeness (QED) is 0.654. The molecular weight excluding hydrogens is 314 g/mol. The number of aryl methyl sites for hydroxylation is 2. The van der Waals surface area contributed by atoms with E-state index < -0.39 is 0 Å². The minimum atomic E-state index is -0.275. The normalized spacial score (nSPS) is 13.6. The van der Waals surface area contributed by atoms with Gasteiger partial charge >= 0.3 is 5.63 Å². The first-order valence-electron chi connectivity index (χ1n) is 8.61. The summed E-state index contributed by atoms with van der Waals surface area (Å²) in [7, 11) is 0. The lowest BCUT2D eigenvalue weighted by atomic mass is 10.0. The van der Waals surface area contributed by atoms with Crippen LogP contribution in [0.25, 0.3) is 11.0 Å². The molecule has 0 saturated heterocycles. The summed E-state index contributed by atoms with van der Waals surface area (Å²) in [4.78, 5) is 14.3. The van der Waals surface area contributed by atoms with E-state index in [1.807, 2.05) is 19.1 Å². The molecule has 25 heavy (non-hydrogen) atoms. The van der Waals surface area contributed by atoms with Crippen LogP contribution in [0.1, 0.15) is 29.2 Å². The van der Waals surface area contributed by atoms with Crippen molar-refractivity contribution in [1.29, 1.82) is 0 Å². The molecule has 0 fully saturated rings. The van der Waals surface area contributed by atoms with Gasteiger partial charge in [-0.05, 0) is 55.7 Å². The number of hydrogen-bond acceptors (Lipinski definition) is 4. The van der Waals surface area contributed by atoms with Crippen molar-refractivity contribution in [2.45, 2.75) is 33.7 Å². The number of rotatable bonds is 2. The fraction of sp³-hybridized carbons (Fsp3) is 0.286. The van der Waals surface area contributed by atoms with Gasteiger partial charge in [0.2, 0.25) is 0 Å². The lowest BCUT2D eigenvalue weighted by Gasteiger charge is -2.31. The van der Waals surface area contributed by atoms with Gasteiger partial charge in [-0.3, -0.25) is 0 Å². The monoisotopic (exact) mass is 335 g/mol. The Bertz CT molecular complexity index is 1000. The van der Waals surface area contributed by atoms with Crippen LogP contribution in [0.15, 0.2) is 45.6 Å². The molecule has 0 N–H and O–H groups in total. The second kappa shape index (κ2) is 5.96. The van der Waals surface area contributed by atoms with Crippen molar-refractivity contribution in [1.82, 2.24) is 0 Å². The van der Waals surface area contributed by atoms with E-state index in [9.17, 15) is 4.79 Å². The highest BCUT2D eigenvalue weighted by Gasteiger charge is 2.23. The summed E-state index contributed by atoms with van der Waals surface area (Å²) in [6.07, 6.45) is 1.02. The first-order chi connectivity index (χ1) is 12.1. The Balaban J connectivity index is 1.80. The van der Waals surface area contributed by atoms with Crippen molar-refractivity contribution < 1.29 is 9.15 Å². The van der Waals surface area contributed by atoms with Crippen molar-refractivity contribution in [2.75, 3.05) is 11.6 Å². The standard InChI is InChI=1S/C21H21NO3/c1-4-15-5-7-16(8-6-15)22-11-18-19(24-12-22)10-9-17-13(2)14(3)21(23)25-20(17)18/h5-10H,4,11-12H2,1-3H3. The van der Waals surface area contributed by atoms with E-state index >= 15 is 0 Å². The van der Waals surface area contributed by atoms with Gasteiger partial charge in [-0.25, -0.2) is 4.79 Å². The van der Waals surface area contributed by atoms with Gasteiger partial charge in [0.15, 0.2) is 6.73 Å². The molecule has 0 bridgehead atoms. The van der Waals surface area contributed by atoms with Gasteiger partial charge in [0.1, 0.15) is 11.3 Å². The summed E-state index contributed by atoms with van der Waals surface area (Å²) in [6, 6.07) is 12.5. The summed E-state index contributed by atoms with van der Waals surface area (Å²) in [6.45, 7) is 7.06. The molecule has 1 aromatic heterocycles. The zero-order valence-corrected chi connectivity index (χ0v) is 14.8. The van der Waals surface area contributed by atoms with Gasteiger partial charge in [-0.15, -0.1) is 0 Å². The molecule has 2 aromatic carbocycles. The molecular formula is C21H21NO3. The Morgan fingerprint density at radius 2 is 1.80 bits per heavy atom. The molecule has 2 heterocycles. The Labute approximate surface area is 146 Å². The molecule has 0 amide bonds. The van der Waals surface area contributed by atoms with Gasteiger partial charge in [0, 0.05) is 16.6 Å². The maximum Gasteiger partial charge on any atom is 0.339 e. The van der Waals surface area contributed by atoms with E-state index in [0.29, 0.717) is 24.4 Å². The minimum absolute atomic E-state index is 0.275. The molecule has 4 nitrogen and oxygen atoms in total. The van der Waals surface area contributed by atoms with Gasteiger partial charge in [-0.1, -0.05) is 19.1 Å². The first kappa shape index (κ1) is 15.8. The van der Waals surface area contributed by atoms with Crippen molar-refractivity contribution in [3.63, 3.8) is 0 Å². The third-order valence-electron chi connectivity index (χ3n) is 5.12. The predicted molar refractivity (Wildman–Crippen MR) is 99.5 cm³/mol. The van der Waals surface area contributed by atoms with Crippen molar-refractivity contribution >= 4 is 16.7 Å². The Kier molecular flexibility index (Phi) is 3.75. The lowest BCUT2D eigenvalue weighted by molar-refractivity contribution is 0.289. The second-order valence-electron chi connectivity index (χ2n) is 6.55. The first-order valence-corrected chi connectivity index (χ1v) is 8.61. The topological polar surface area (TPSA) is 42.7 Å². The SMILES string of the molecule is CCc1ccc(N2COc3ccc4c(C)c(C)c(=O)oc4c3C2)cc1. The molecule has 4 rings (SSSR count). The molecule has 0 aliphatic carbocycles. The van der Waals surface area contributed by atoms with Gasteiger partial charge in [-0.2, -0.15) is 0 Å². The number of anilines is 1. The van der Waals surface area contributed by atoms with E-state index in [-0.39, 0.29) is 5.63 Å². The second-order valence-corrected chi connectivity index (χ2v) is 6.55. The highest BCUT2D eigenvalue weighted by Crippen LogP contribution is 2.35. The third-order valence-corrected chi connectivity index (χ3v) is 5.12. The molecule has 3 aromatic rings. The Morgan fingerprint density at radius 3 is 2.52 bits per heavy atom. The number of hydrogen-bond donors (Lipinski definition) is 0. The number of benzene rings is 2. The Hall–Kier alpha value is -2.75. The lowest BCUT2D eigenvalue weighted by Crippen LogP contribution is -2.32. The van der Waals surface area contributed by atoms with E-state index in [0.717, 1.165) is 34.4 Å². The fourth-order valence-corrected chi connectivity index (χ4v) is 3.32. The van der Waals surface area contributed by atoms with Crippen LogP contribution in [-0.4, -0.2) is 6.73 Å². The summed E-state index contributed by atoms with van der Waals surface area (Å²) < 4.78 is 11.6. The summed E-state index contributed by atoms with van der Waals surface area (Å²) >= 11 is 0. The summed E-state index contributed by atoms with van der Waals surface area (Å²) in [5.74, 6) is 0.792. The van der Waals surface area contributed by atoms with Crippen LogP contribution in [0.2, 0.25) is 0 Å². The largest absolute Gasteiger partial charge is 0.473 e. The van der Waals surface area contributed by atoms with Crippen LogP contribution < -0.4 is 15.3 Å².